The molecule has 4 aromatic rings. The van der Waals surface area contributed by atoms with Crippen LogP contribution in [-0.2, 0) is 10.0 Å². The van der Waals surface area contributed by atoms with E-state index in [9.17, 15) is 8.42 Å². The fraction of sp³-hybridized carbons (Fsp3) is 0.0500. The van der Waals surface area contributed by atoms with Crippen molar-refractivity contribution in [1.29, 1.82) is 0 Å². The maximum atomic E-state index is 12.6. The smallest absolute Gasteiger partial charge is 0.263 e. The minimum atomic E-state index is -3.66. The molecule has 0 fully saturated rings. The molecule has 0 spiro atoms. The highest BCUT2D eigenvalue weighted by atomic mass is 79.9. The lowest BCUT2D eigenvalue weighted by atomic mass is 10.2. The number of rotatable bonds is 4. The Morgan fingerprint density at radius 1 is 1.00 bits per heavy atom. The van der Waals surface area contributed by atoms with Crippen LogP contribution in [0.5, 0.6) is 0 Å². The molecule has 1 aromatic heterocycles. The van der Waals surface area contributed by atoms with Crippen LogP contribution in [0.3, 0.4) is 0 Å². The zero-order valence-corrected chi connectivity index (χ0v) is 17.5. The largest absolute Gasteiger partial charge is 0.280 e. The van der Waals surface area contributed by atoms with Crippen LogP contribution < -0.4 is 4.72 Å². The number of thiazole rings is 1. The van der Waals surface area contributed by atoms with Crippen molar-refractivity contribution in [3.63, 3.8) is 0 Å². The van der Waals surface area contributed by atoms with Gasteiger partial charge < -0.3 is 0 Å². The van der Waals surface area contributed by atoms with Gasteiger partial charge in [-0.3, -0.25) is 4.72 Å². The van der Waals surface area contributed by atoms with Gasteiger partial charge in [-0.1, -0.05) is 18.2 Å². The third kappa shape index (κ3) is 3.76. The number of benzene rings is 3. The SMILES string of the molecule is Cc1ccc2nc(-c3ccc(NS(=O)(=O)c4ccccc4Br)cc3)sc2c1. The Hall–Kier alpha value is -2.22. The third-order valence-corrected chi connectivity index (χ3v) is 7.51. The van der Waals surface area contributed by atoms with Gasteiger partial charge in [-0.05, 0) is 76.9 Å². The van der Waals surface area contributed by atoms with Gasteiger partial charge in [0.15, 0.2) is 0 Å². The molecule has 4 rings (SSSR count). The topological polar surface area (TPSA) is 59.1 Å². The maximum Gasteiger partial charge on any atom is 0.263 e. The highest BCUT2D eigenvalue weighted by molar-refractivity contribution is 9.10. The van der Waals surface area contributed by atoms with E-state index >= 15 is 0 Å². The summed E-state index contributed by atoms with van der Waals surface area (Å²) in [6.45, 7) is 2.06. The fourth-order valence-electron chi connectivity index (χ4n) is 2.71. The number of aromatic nitrogens is 1. The van der Waals surface area contributed by atoms with E-state index in [4.69, 9.17) is 0 Å². The van der Waals surface area contributed by atoms with Crippen molar-refractivity contribution in [3.05, 3.63) is 76.8 Å². The zero-order valence-electron chi connectivity index (χ0n) is 14.3. The highest BCUT2D eigenvalue weighted by Crippen LogP contribution is 2.32. The van der Waals surface area contributed by atoms with E-state index in [1.54, 1.807) is 47.7 Å². The summed E-state index contributed by atoms with van der Waals surface area (Å²) in [5.74, 6) is 0. The highest BCUT2D eigenvalue weighted by Gasteiger charge is 2.17. The molecule has 0 aliphatic heterocycles. The standard InChI is InChI=1S/C20H15BrN2O2S2/c1-13-6-11-17-18(12-13)26-20(22-17)14-7-9-15(10-8-14)23-27(24,25)19-5-3-2-4-16(19)21/h2-12,23H,1H3. The number of halogens is 1. The predicted octanol–water partition coefficient (Wildman–Crippen LogP) is 5.84. The molecular formula is C20H15BrN2O2S2. The summed E-state index contributed by atoms with van der Waals surface area (Å²) in [5.41, 5.74) is 3.64. The molecule has 0 saturated carbocycles. The number of anilines is 1. The summed E-state index contributed by atoms with van der Waals surface area (Å²) in [5, 5.41) is 0.913. The summed E-state index contributed by atoms with van der Waals surface area (Å²) in [7, 11) is -3.66. The lowest BCUT2D eigenvalue weighted by Gasteiger charge is -2.09. The second-order valence-electron chi connectivity index (χ2n) is 6.10. The Morgan fingerprint density at radius 2 is 1.74 bits per heavy atom. The second kappa shape index (κ2) is 7.07. The summed E-state index contributed by atoms with van der Waals surface area (Å²) in [6, 6.07) is 20.2. The number of hydrogen-bond donors (Lipinski definition) is 1. The van der Waals surface area contributed by atoms with Crippen molar-refractivity contribution in [2.45, 2.75) is 11.8 Å². The van der Waals surface area contributed by atoms with Crippen LogP contribution in [0, 0.1) is 6.92 Å². The van der Waals surface area contributed by atoms with Crippen LogP contribution in [-0.4, -0.2) is 13.4 Å². The zero-order chi connectivity index (χ0) is 19.0. The summed E-state index contributed by atoms with van der Waals surface area (Å²) >= 11 is 4.91. The summed E-state index contributed by atoms with van der Waals surface area (Å²) < 4.78 is 29.4. The number of nitrogens with zero attached hydrogens (tertiary/aromatic N) is 1. The monoisotopic (exact) mass is 458 g/mol. The lowest BCUT2D eigenvalue weighted by molar-refractivity contribution is 0.601. The molecule has 1 N–H and O–H groups in total. The molecule has 27 heavy (non-hydrogen) atoms. The number of fused-ring (bicyclic) bond motifs is 1. The molecule has 0 unspecified atom stereocenters. The van der Waals surface area contributed by atoms with Gasteiger partial charge in [-0.15, -0.1) is 11.3 Å². The van der Waals surface area contributed by atoms with Gasteiger partial charge in [0.25, 0.3) is 10.0 Å². The van der Waals surface area contributed by atoms with E-state index in [-0.39, 0.29) is 4.90 Å². The van der Waals surface area contributed by atoms with Gasteiger partial charge >= 0.3 is 0 Å². The minimum absolute atomic E-state index is 0.204. The fourth-order valence-corrected chi connectivity index (χ4v) is 5.84. The van der Waals surface area contributed by atoms with E-state index in [1.165, 1.54) is 5.56 Å². The first-order chi connectivity index (χ1) is 12.9. The average Bonchev–Trinajstić information content (AvgIpc) is 3.05. The van der Waals surface area contributed by atoms with E-state index < -0.39 is 10.0 Å². The predicted molar refractivity (Wildman–Crippen MR) is 115 cm³/mol. The van der Waals surface area contributed by atoms with Crippen LogP contribution in [0.4, 0.5) is 5.69 Å². The number of nitrogens with one attached hydrogen (secondary N) is 1. The molecule has 0 aliphatic carbocycles. The Kier molecular flexibility index (Phi) is 4.75. The van der Waals surface area contributed by atoms with E-state index in [1.807, 2.05) is 24.3 Å². The van der Waals surface area contributed by atoms with E-state index in [0.717, 1.165) is 20.8 Å². The quantitative estimate of drug-likeness (QED) is 0.418. The third-order valence-electron chi connectivity index (χ3n) is 4.05. The molecule has 3 aromatic carbocycles. The van der Waals surface area contributed by atoms with Gasteiger partial charge in [0.1, 0.15) is 9.90 Å². The van der Waals surface area contributed by atoms with Crippen LogP contribution in [0.1, 0.15) is 5.56 Å². The summed E-state index contributed by atoms with van der Waals surface area (Å²) in [4.78, 5) is 4.87. The molecule has 0 amide bonds. The second-order valence-corrected chi connectivity index (χ2v) is 9.64. The normalized spacial score (nSPS) is 11.6. The first-order valence-corrected chi connectivity index (χ1v) is 11.3. The Bertz CT molecular complexity index is 1230. The van der Waals surface area contributed by atoms with Crippen molar-refractivity contribution in [3.8, 4) is 10.6 Å². The van der Waals surface area contributed by atoms with E-state index in [0.29, 0.717) is 10.2 Å². The van der Waals surface area contributed by atoms with Crippen LogP contribution in [0.2, 0.25) is 0 Å². The minimum Gasteiger partial charge on any atom is -0.280 e. The maximum absolute atomic E-state index is 12.6. The molecule has 7 heteroatoms. The lowest BCUT2D eigenvalue weighted by Crippen LogP contribution is -2.13. The van der Waals surface area contributed by atoms with Gasteiger partial charge in [-0.2, -0.15) is 0 Å². The molecule has 0 bridgehead atoms. The van der Waals surface area contributed by atoms with Crippen LogP contribution in [0.25, 0.3) is 20.8 Å². The first kappa shape index (κ1) is 18.2. The van der Waals surface area contributed by atoms with Crippen molar-refractivity contribution in [1.82, 2.24) is 4.98 Å². The molecule has 0 radical (unpaired) electrons. The van der Waals surface area contributed by atoms with E-state index in [2.05, 4.69) is 38.6 Å². The first-order valence-electron chi connectivity index (χ1n) is 8.17. The van der Waals surface area contributed by atoms with Gasteiger partial charge in [0, 0.05) is 15.7 Å². The number of hydrogen-bond acceptors (Lipinski definition) is 4. The Balaban J connectivity index is 1.61. The van der Waals surface area contributed by atoms with Gasteiger partial charge in [0.05, 0.1) is 10.2 Å². The molecule has 1 heterocycles. The number of aryl methyl sites for hydroxylation is 1. The van der Waals surface area contributed by atoms with Crippen molar-refractivity contribution in [2.24, 2.45) is 0 Å². The molecule has 0 atom stereocenters. The molecule has 0 aliphatic rings. The summed E-state index contributed by atoms with van der Waals surface area (Å²) in [6.07, 6.45) is 0. The molecular weight excluding hydrogens is 444 g/mol. The molecule has 136 valence electrons. The van der Waals surface area contributed by atoms with Crippen LogP contribution in [0.15, 0.2) is 76.1 Å². The van der Waals surface area contributed by atoms with Crippen molar-refractivity contribution in [2.75, 3.05) is 4.72 Å². The van der Waals surface area contributed by atoms with Gasteiger partial charge in [-0.25, -0.2) is 13.4 Å². The average molecular weight is 459 g/mol. The molecule has 4 nitrogen and oxygen atoms in total. The number of sulfonamides is 1. The molecule has 0 saturated heterocycles. The van der Waals surface area contributed by atoms with Crippen LogP contribution >= 0.6 is 27.3 Å². The Morgan fingerprint density at radius 3 is 2.48 bits per heavy atom. The van der Waals surface area contributed by atoms with Crippen molar-refractivity contribution >= 4 is 53.2 Å². The Labute approximate surface area is 170 Å². The van der Waals surface area contributed by atoms with Gasteiger partial charge in [0.2, 0.25) is 0 Å². The van der Waals surface area contributed by atoms with Crippen molar-refractivity contribution < 1.29 is 8.42 Å².